The maximum Gasteiger partial charge on any atom is 0.253 e. The predicted octanol–water partition coefficient (Wildman–Crippen LogP) is 1.10. The Morgan fingerprint density at radius 1 is 1.15 bits per heavy atom. The summed E-state index contributed by atoms with van der Waals surface area (Å²) in [6.07, 6.45) is 3.48. The van der Waals surface area contributed by atoms with E-state index in [2.05, 4.69) is 15.4 Å². The molecule has 0 N–H and O–H groups in total. The van der Waals surface area contributed by atoms with Gasteiger partial charge in [0.2, 0.25) is 11.7 Å². The molecule has 0 bridgehead atoms. The third-order valence-electron chi connectivity index (χ3n) is 5.13. The summed E-state index contributed by atoms with van der Waals surface area (Å²) in [6, 6.07) is 7.45. The van der Waals surface area contributed by atoms with Gasteiger partial charge < -0.3 is 9.80 Å². The van der Waals surface area contributed by atoms with Crippen molar-refractivity contribution in [2.75, 3.05) is 19.6 Å². The van der Waals surface area contributed by atoms with Crippen molar-refractivity contribution in [3.63, 3.8) is 0 Å². The van der Waals surface area contributed by atoms with Crippen molar-refractivity contribution < 1.29 is 9.59 Å². The highest BCUT2D eigenvalue weighted by atomic mass is 16.2. The van der Waals surface area contributed by atoms with Gasteiger partial charge in [0.15, 0.2) is 0 Å². The minimum atomic E-state index is 0.0139. The van der Waals surface area contributed by atoms with Crippen molar-refractivity contribution in [2.45, 2.75) is 31.7 Å². The Bertz CT molecular complexity index is 815. The summed E-state index contributed by atoms with van der Waals surface area (Å²) in [7, 11) is 1.71. The molecule has 1 unspecified atom stereocenters. The Balaban J connectivity index is 1.45. The molecule has 2 saturated heterocycles. The van der Waals surface area contributed by atoms with Crippen LogP contribution in [0.1, 0.15) is 36.0 Å². The molecule has 0 saturated carbocycles. The molecule has 26 heavy (non-hydrogen) atoms. The molecule has 0 spiro atoms. The number of likely N-dealkylation sites (tertiary alicyclic amines) is 2. The fourth-order valence-electron chi connectivity index (χ4n) is 3.79. The van der Waals surface area contributed by atoms with Crippen LogP contribution in [0.15, 0.2) is 24.3 Å². The Kier molecular flexibility index (Phi) is 4.40. The number of hydrogen-bond acceptors (Lipinski definition) is 5. The standard InChI is InChI=1S/C18H22N6O2/c1-22-20-17(19-21-22)13-6-8-14(9-7-13)18(26)23-10-2-4-15(12-23)24-11-3-5-16(24)25/h6-9,15H,2-5,10-12H2,1H3. The van der Waals surface area contributed by atoms with Crippen molar-refractivity contribution >= 4 is 11.8 Å². The van der Waals surface area contributed by atoms with Gasteiger partial charge >= 0.3 is 0 Å². The summed E-state index contributed by atoms with van der Waals surface area (Å²) in [4.78, 5) is 30.1. The van der Waals surface area contributed by atoms with E-state index in [0.717, 1.165) is 37.9 Å². The van der Waals surface area contributed by atoms with E-state index in [1.807, 2.05) is 21.9 Å². The summed E-state index contributed by atoms with van der Waals surface area (Å²) in [5, 5.41) is 12.0. The van der Waals surface area contributed by atoms with Crippen LogP contribution in [0, 0.1) is 0 Å². The molecule has 0 radical (unpaired) electrons. The van der Waals surface area contributed by atoms with Gasteiger partial charge in [-0.2, -0.15) is 4.80 Å². The van der Waals surface area contributed by atoms with Crippen molar-refractivity contribution in [3.05, 3.63) is 29.8 Å². The summed E-state index contributed by atoms with van der Waals surface area (Å²) < 4.78 is 0. The first-order valence-electron chi connectivity index (χ1n) is 9.05. The van der Waals surface area contributed by atoms with E-state index < -0.39 is 0 Å². The first-order chi connectivity index (χ1) is 12.6. The summed E-state index contributed by atoms with van der Waals surface area (Å²) >= 11 is 0. The summed E-state index contributed by atoms with van der Waals surface area (Å²) in [5.74, 6) is 0.780. The molecule has 8 heteroatoms. The van der Waals surface area contributed by atoms with Crippen LogP contribution < -0.4 is 0 Å². The third-order valence-corrected chi connectivity index (χ3v) is 5.13. The van der Waals surface area contributed by atoms with Gasteiger partial charge in [0.1, 0.15) is 0 Å². The molecule has 8 nitrogen and oxygen atoms in total. The monoisotopic (exact) mass is 354 g/mol. The molecule has 1 aromatic heterocycles. The minimum Gasteiger partial charge on any atom is -0.338 e. The number of amides is 2. The smallest absolute Gasteiger partial charge is 0.253 e. The minimum absolute atomic E-state index is 0.0139. The van der Waals surface area contributed by atoms with Gasteiger partial charge in [-0.1, -0.05) is 12.1 Å². The first kappa shape index (κ1) is 16.7. The fourth-order valence-corrected chi connectivity index (χ4v) is 3.79. The Hall–Kier alpha value is -2.77. The quantitative estimate of drug-likeness (QED) is 0.824. The largest absolute Gasteiger partial charge is 0.338 e. The highest BCUT2D eigenvalue weighted by Crippen LogP contribution is 2.23. The lowest BCUT2D eigenvalue weighted by Crippen LogP contribution is -2.50. The number of aromatic nitrogens is 4. The predicted molar refractivity (Wildman–Crippen MR) is 94.1 cm³/mol. The number of benzene rings is 1. The van der Waals surface area contributed by atoms with Gasteiger partial charge in [-0.25, -0.2) is 0 Å². The topological polar surface area (TPSA) is 84.2 Å². The summed E-state index contributed by atoms with van der Waals surface area (Å²) in [6.45, 7) is 2.19. The van der Waals surface area contributed by atoms with E-state index >= 15 is 0 Å². The SMILES string of the molecule is Cn1nnc(-c2ccc(C(=O)N3CCCC(N4CCCC4=O)C3)cc2)n1. The third kappa shape index (κ3) is 3.18. The van der Waals surface area contributed by atoms with Crippen LogP contribution in [0.25, 0.3) is 11.4 Å². The Labute approximate surface area is 151 Å². The molecular weight excluding hydrogens is 332 g/mol. The van der Waals surface area contributed by atoms with E-state index in [-0.39, 0.29) is 17.9 Å². The van der Waals surface area contributed by atoms with Crippen LogP contribution in [0.3, 0.4) is 0 Å². The van der Waals surface area contributed by atoms with Crippen LogP contribution in [0.4, 0.5) is 0 Å². The average Bonchev–Trinajstić information content (AvgIpc) is 3.30. The molecule has 2 aliphatic rings. The molecular formula is C18H22N6O2. The van der Waals surface area contributed by atoms with E-state index in [1.165, 1.54) is 4.80 Å². The summed E-state index contributed by atoms with van der Waals surface area (Å²) in [5.41, 5.74) is 1.47. The van der Waals surface area contributed by atoms with E-state index in [4.69, 9.17) is 0 Å². The normalized spacial score (nSPS) is 20.7. The average molecular weight is 354 g/mol. The second kappa shape index (κ2) is 6.86. The zero-order valence-electron chi connectivity index (χ0n) is 14.8. The second-order valence-electron chi connectivity index (χ2n) is 6.92. The number of rotatable bonds is 3. The van der Waals surface area contributed by atoms with E-state index in [9.17, 15) is 9.59 Å². The molecule has 2 aromatic rings. The number of piperidine rings is 1. The van der Waals surface area contributed by atoms with Gasteiger partial charge in [-0.15, -0.1) is 10.2 Å². The van der Waals surface area contributed by atoms with Gasteiger partial charge in [0, 0.05) is 43.2 Å². The maximum atomic E-state index is 12.9. The molecule has 0 aliphatic carbocycles. The van der Waals surface area contributed by atoms with Crippen LogP contribution in [0.2, 0.25) is 0 Å². The number of tetrazole rings is 1. The number of nitrogens with zero attached hydrogens (tertiary/aromatic N) is 6. The van der Waals surface area contributed by atoms with Crippen molar-refractivity contribution in [1.82, 2.24) is 30.0 Å². The molecule has 2 fully saturated rings. The van der Waals surface area contributed by atoms with Gasteiger partial charge in [0.05, 0.1) is 7.05 Å². The molecule has 2 aliphatic heterocycles. The molecule has 1 aromatic carbocycles. The van der Waals surface area contributed by atoms with Gasteiger partial charge in [-0.05, 0) is 36.6 Å². The highest BCUT2D eigenvalue weighted by Gasteiger charge is 2.33. The molecule has 4 rings (SSSR count). The van der Waals surface area contributed by atoms with E-state index in [0.29, 0.717) is 24.4 Å². The molecule has 2 amide bonds. The molecule has 1 atom stereocenters. The van der Waals surface area contributed by atoms with Crippen molar-refractivity contribution in [1.29, 1.82) is 0 Å². The van der Waals surface area contributed by atoms with Crippen LogP contribution >= 0.6 is 0 Å². The van der Waals surface area contributed by atoms with Gasteiger partial charge in [-0.3, -0.25) is 9.59 Å². The zero-order valence-corrected chi connectivity index (χ0v) is 14.8. The van der Waals surface area contributed by atoms with Crippen molar-refractivity contribution in [3.8, 4) is 11.4 Å². The number of hydrogen-bond donors (Lipinski definition) is 0. The molecule has 136 valence electrons. The number of carbonyl (C=O) groups is 2. The zero-order chi connectivity index (χ0) is 18.1. The van der Waals surface area contributed by atoms with Crippen LogP contribution in [0.5, 0.6) is 0 Å². The number of carbonyl (C=O) groups excluding carboxylic acids is 2. The van der Waals surface area contributed by atoms with E-state index in [1.54, 1.807) is 19.2 Å². The first-order valence-corrected chi connectivity index (χ1v) is 9.05. The van der Waals surface area contributed by atoms with Gasteiger partial charge in [0.25, 0.3) is 5.91 Å². The lowest BCUT2D eigenvalue weighted by molar-refractivity contribution is -0.130. The fraction of sp³-hybridized carbons (Fsp3) is 0.500. The lowest BCUT2D eigenvalue weighted by atomic mass is 10.0. The lowest BCUT2D eigenvalue weighted by Gasteiger charge is -2.37. The van der Waals surface area contributed by atoms with Crippen molar-refractivity contribution in [2.24, 2.45) is 7.05 Å². The number of aryl methyl sites for hydroxylation is 1. The van der Waals surface area contributed by atoms with Crippen LogP contribution in [-0.4, -0.2) is 67.5 Å². The highest BCUT2D eigenvalue weighted by molar-refractivity contribution is 5.94. The Morgan fingerprint density at radius 3 is 2.62 bits per heavy atom. The maximum absolute atomic E-state index is 12.9. The second-order valence-corrected chi connectivity index (χ2v) is 6.92. The van der Waals surface area contributed by atoms with Crippen LogP contribution in [-0.2, 0) is 11.8 Å². The Morgan fingerprint density at radius 2 is 1.96 bits per heavy atom. The molecule has 3 heterocycles.